The second kappa shape index (κ2) is 19.2. The summed E-state index contributed by atoms with van der Waals surface area (Å²) in [4.78, 5) is 10.5. The first-order valence-corrected chi connectivity index (χ1v) is 23.6. The van der Waals surface area contributed by atoms with Gasteiger partial charge in [0.2, 0.25) is 0 Å². The van der Waals surface area contributed by atoms with Crippen LogP contribution in [0.1, 0.15) is 157 Å². The van der Waals surface area contributed by atoms with Crippen molar-refractivity contribution in [2.75, 3.05) is 0 Å². The topological polar surface area (TPSA) is 50.9 Å². The van der Waals surface area contributed by atoms with Crippen molar-refractivity contribution < 1.29 is 28.9 Å². The second-order valence-electron chi connectivity index (χ2n) is 21.2. The molecule has 0 spiro atoms. The predicted octanol–water partition coefficient (Wildman–Crippen LogP) is 17.3. The van der Waals surface area contributed by atoms with Gasteiger partial charge in [0, 0.05) is 41.4 Å². The maximum Gasteiger partial charge on any atom is 0.148 e. The van der Waals surface area contributed by atoms with E-state index in [1.165, 1.54) is 5.56 Å². The van der Waals surface area contributed by atoms with Gasteiger partial charge < -0.3 is 5.11 Å². The van der Waals surface area contributed by atoms with Crippen molar-refractivity contribution in [2.45, 2.75) is 131 Å². The second-order valence-corrected chi connectivity index (χ2v) is 21.2. The Hall–Kier alpha value is -5.57. The molecular weight excluding hydrogens is 998 g/mol. The maximum atomic E-state index is 12.3. The standard InChI is InChI=1S/C62H68N3O.Pt/c1-37(2)41-22-24-42(25-23-41)43-28-29-63-56(35-43)46-30-45(31-47(32-46)61(9,10)11)49-19-17-21-57-58(49)64-60(54-34-44(38(3)4)33-53(40(7)8)59(54)66)65(57)48-26-27-50(52(36-48)39(5)6)51-18-15-16-20-55(51)62(12,13)14;/h15-29,31-40,66H,1-14H3;/q-1;/i37D,39D;. The van der Waals surface area contributed by atoms with Crippen molar-refractivity contribution in [3.63, 3.8) is 0 Å². The fourth-order valence-electron chi connectivity index (χ4n) is 9.11. The molecular formula is C62H68N3OPt-. The molecule has 0 radical (unpaired) electrons. The molecule has 2 aromatic heterocycles. The maximum absolute atomic E-state index is 12.3. The Morgan fingerprint density at radius 2 is 1.27 bits per heavy atom. The van der Waals surface area contributed by atoms with Gasteiger partial charge in [0.1, 0.15) is 11.6 Å². The summed E-state index contributed by atoms with van der Waals surface area (Å²) in [7, 11) is 0. The van der Waals surface area contributed by atoms with Gasteiger partial charge in [-0.05, 0) is 115 Å². The van der Waals surface area contributed by atoms with Crippen molar-refractivity contribution in [3.05, 3.63) is 167 Å². The van der Waals surface area contributed by atoms with Crippen molar-refractivity contribution in [2.24, 2.45) is 0 Å². The zero-order chi connectivity index (χ0) is 49.2. The van der Waals surface area contributed by atoms with Crippen LogP contribution in [0.25, 0.3) is 72.7 Å². The summed E-state index contributed by atoms with van der Waals surface area (Å²) >= 11 is 0. The van der Waals surface area contributed by atoms with Crippen LogP contribution in [-0.4, -0.2) is 19.6 Å². The number of fused-ring (bicyclic) bond motifs is 1. The van der Waals surface area contributed by atoms with Crippen LogP contribution in [0, 0.1) is 6.07 Å². The number of aromatic nitrogens is 3. The molecule has 0 amide bonds. The number of hydrogen-bond acceptors (Lipinski definition) is 3. The van der Waals surface area contributed by atoms with Gasteiger partial charge in [0.25, 0.3) is 0 Å². The Kier molecular flexibility index (Phi) is 13.3. The zero-order valence-electron chi connectivity index (χ0n) is 43.9. The number of aromatic hydroxyl groups is 1. The molecule has 67 heavy (non-hydrogen) atoms. The molecule has 0 saturated carbocycles. The van der Waals surface area contributed by atoms with Crippen LogP contribution >= 0.6 is 0 Å². The summed E-state index contributed by atoms with van der Waals surface area (Å²) in [5.41, 5.74) is 16.9. The van der Waals surface area contributed by atoms with Crippen LogP contribution in [-0.2, 0) is 31.9 Å². The van der Waals surface area contributed by atoms with E-state index >= 15 is 0 Å². The monoisotopic (exact) mass is 1070 g/mol. The largest absolute Gasteiger partial charge is 0.507 e. The molecule has 348 valence electrons. The van der Waals surface area contributed by atoms with E-state index in [0.29, 0.717) is 11.4 Å². The molecule has 0 fully saturated rings. The van der Waals surface area contributed by atoms with Crippen molar-refractivity contribution in [1.29, 1.82) is 0 Å². The van der Waals surface area contributed by atoms with Gasteiger partial charge in [0.05, 0.1) is 16.6 Å². The van der Waals surface area contributed by atoms with Crippen LogP contribution in [0.4, 0.5) is 0 Å². The van der Waals surface area contributed by atoms with Crippen molar-refractivity contribution >= 4 is 11.0 Å². The number of pyridine rings is 1. The quantitative estimate of drug-likeness (QED) is 0.139. The molecule has 6 aromatic carbocycles. The van der Waals surface area contributed by atoms with Gasteiger partial charge >= 0.3 is 0 Å². The minimum atomic E-state index is -0.949. The fourth-order valence-corrected chi connectivity index (χ4v) is 9.11. The molecule has 8 aromatic rings. The normalized spacial score (nSPS) is 13.0. The molecule has 0 saturated heterocycles. The van der Waals surface area contributed by atoms with Gasteiger partial charge in [-0.15, -0.1) is 29.3 Å². The fraction of sp³-hybridized carbons (Fsp3) is 0.323. The van der Waals surface area contributed by atoms with Crippen LogP contribution in [0.15, 0.2) is 128 Å². The summed E-state index contributed by atoms with van der Waals surface area (Å²) in [6.07, 6.45) is 1.86. The Morgan fingerprint density at radius 1 is 0.582 bits per heavy atom. The van der Waals surface area contributed by atoms with E-state index in [1.54, 1.807) is 0 Å². The first kappa shape index (κ1) is 46.5. The third-order valence-electron chi connectivity index (χ3n) is 13.1. The number of rotatable bonds is 10. The predicted molar refractivity (Wildman–Crippen MR) is 280 cm³/mol. The minimum Gasteiger partial charge on any atom is -0.507 e. The van der Waals surface area contributed by atoms with E-state index < -0.39 is 11.8 Å². The molecule has 8 rings (SSSR count). The van der Waals surface area contributed by atoms with Gasteiger partial charge in [-0.2, -0.15) is 0 Å². The first-order chi connectivity index (χ1) is 31.8. The van der Waals surface area contributed by atoms with Crippen LogP contribution in [0.2, 0.25) is 0 Å². The zero-order valence-corrected chi connectivity index (χ0v) is 44.2. The van der Waals surface area contributed by atoms with E-state index in [-0.39, 0.29) is 49.5 Å². The van der Waals surface area contributed by atoms with Crippen LogP contribution in [0.3, 0.4) is 0 Å². The average Bonchev–Trinajstić information content (AvgIpc) is 3.67. The number of para-hydroxylation sites is 1. The summed E-state index contributed by atoms with van der Waals surface area (Å²) in [6, 6.07) is 46.3. The number of nitrogens with zero attached hydrogens (tertiary/aromatic N) is 3. The van der Waals surface area contributed by atoms with Gasteiger partial charge in [-0.25, -0.2) is 4.98 Å². The number of hydrogen-bond donors (Lipinski definition) is 1. The molecule has 0 aliphatic rings. The number of phenols is 1. The van der Waals surface area contributed by atoms with E-state index in [1.807, 2.05) is 52.1 Å². The van der Waals surface area contributed by atoms with Gasteiger partial charge in [-0.1, -0.05) is 187 Å². The number of benzene rings is 6. The SMILES string of the molecule is [2H]C(C)(C)c1ccc(-c2ccnc(-c3[c-]c(-c4cccc5c4nc(-c4cc(C(C)C)cc(C(C)C)c4O)n5-c4ccc(-c5ccccc5C(C)(C)C)c(C([2H])(C)C)c4)cc(C(C)(C)C)c3)c2)cc1.[Pt]. The third-order valence-corrected chi connectivity index (χ3v) is 13.1. The molecule has 0 aliphatic heterocycles. The Morgan fingerprint density at radius 3 is 1.91 bits per heavy atom. The van der Waals surface area contributed by atoms with Crippen molar-refractivity contribution in [1.82, 2.24) is 14.5 Å². The molecule has 4 nitrogen and oxygen atoms in total. The molecule has 0 unspecified atom stereocenters. The molecule has 5 heteroatoms. The molecule has 0 aliphatic carbocycles. The van der Waals surface area contributed by atoms with Gasteiger partial charge in [-0.3, -0.25) is 9.55 Å². The smallest absolute Gasteiger partial charge is 0.148 e. The first-order valence-electron chi connectivity index (χ1n) is 24.6. The molecule has 0 bridgehead atoms. The third kappa shape index (κ3) is 9.89. The molecule has 2 heterocycles. The Balaban J connectivity index is 0.00000703. The molecule has 1 N–H and O–H groups in total. The van der Waals surface area contributed by atoms with Gasteiger partial charge in [0.15, 0.2) is 0 Å². The van der Waals surface area contributed by atoms with E-state index in [9.17, 15) is 6.48 Å². The summed E-state index contributed by atoms with van der Waals surface area (Å²) in [6.45, 7) is 29.8. The molecule has 0 atom stereocenters. The van der Waals surface area contributed by atoms with Crippen molar-refractivity contribution in [3.8, 4) is 67.5 Å². The van der Waals surface area contributed by atoms with Crippen LogP contribution in [0.5, 0.6) is 5.75 Å². The van der Waals surface area contributed by atoms with E-state index in [4.69, 9.17) is 11.3 Å². The summed E-state index contributed by atoms with van der Waals surface area (Å²) < 4.78 is 20.3. The summed E-state index contributed by atoms with van der Waals surface area (Å²) in [5, 5.41) is 12.3. The Labute approximate surface area is 418 Å². The van der Waals surface area contributed by atoms with E-state index in [2.05, 4.69) is 183 Å². The van der Waals surface area contributed by atoms with E-state index in [0.717, 1.165) is 89.2 Å². The average molecular weight is 1070 g/mol. The minimum absolute atomic E-state index is 0. The summed E-state index contributed by atoms with van der Waals surface area (Å²) in [5.74, 6) is -0.475. The van der Waals surface area contributed by atoms with Crippen LogP contribution < -0.4 is 0 Å². The number of phenolic OH excluding ortho intramolecular Hbond substituents is 1. The Bertz CT molecular complexity index is 3170. The number of imidazole rings is 1.